The first kappa shape index (κ1) is 18.3. The van der Waals surface area contributed by atoms with Gasteiger partial charge in [-0.1, -0.05) is 12.2 Å². The van der Waals surface area contributed by atoms with Crippen LogP contribution in [0, 0.1) is 5.41 Å². The van der Waals surface area contributed by atoms with Gasteiger partial charge in [-0.2, -0.15) is 0 Å². The zero-order valence-corrected chi connectivity index (χ0v) is 11.5. The quantitative estimate of drug-likeness (QED) is 0.269. The third kappa shape index (κ3) is 5.52. The lowest BCUT2D eigenvalue weighted by Crippen LogP contribution is -2.39. The molecule has 0 atom stereocenters. The minimum Gasteiger partial charge on any atom is -0.478 e. The number of carbonyl (C=O) groups is 2. The van der Waals surface area contributed by atoms with Gasteiger partial charge < -0.3 is 25.2 Å². The predicted octanol–water partition coefficient (Wildman–Crippen LogP) is -0.530. The number of hydrogen-bond acceptors (Lipinski definition) is 6. The van der Waals surface area contributed by atoms with Crippen LogP contribution in [0.15, 0.2) is 23.3 Å². The average Bonchev–Trinajstić information content (AvgIpc) is 2.45. The third-order valence-electron chi connectivity index (χ3n) is 2.76. The molecule has 0 amide bonds. The van der Waals surface area contributed by atoms with E-state index in [2.05, 4.69) is 0 Å². The van der Waals surface area contributed by atoms with Crippen molar-refractivity contribution in [1.82, 2.24) is 0 Å². The molecular weight excluding hydrogens is 268 g/mol. The summed E-state index contributed by atoms with van der Waals surface area (Å²) in [5.74, 6) is -1.82. The van der Waals surface area contributed by atoms with Gasteiger partial charge in [0.25, 0.3) is 0 Å². The van der Waals surface area contributed by atoms with E-state index < -0.39 is 37.2 Å². The van der Waals surface area contributed by atoms with Crippen LogP contribution in [-0.2, 0) is 14.3 Å². The second kappa shape index (κ2) is 8.47. The number of esters is 1. The molecule has 0 heterocycles. The molecule has 0 spiro atoms. The van der Waals surface area contributed by atoms with Gasteiger partial charge in [0.05, 0.1) is 25.2 Å². The van der Waals surface area contributed by atoms with Crippen LogP contribution < -0.4 is 0 Å². The normalized spacial score (nSPS) is 13.2. The standard InChI is InChI=1S/C13H20O7/c1-9(11(17)18)3-4-10(2)12(19)20-8-13(5-14,6-15)7-16/h3-4,14-16H,5-8H2,1-2H3,(H,17,18). The van der Waals surface area contributed by atoms with Crippen molar-refractivity contribution in [3.8, 4) is 0 Å². The summed E-state index contributed by atoms with van der Waals surface area (Å²) in [5.41, 5.74) is -1.07. The van der Waals surface area contributed by atoms with E-state index in [-0.39, 0.29) is 17.8 Å². The zero-order chi connectivity index (χ0) is 15.8. The van der Waals surface area contributed by atoms with E-state index in [1.807, 2.05) is 0 Å². The first-order valence-electron chi connectivity index (χ1n) is 5.90. The molecule has 0 unspecified atom stereocenters. The molecule has 7 heteroatoms. The maximum Gasteiger partial charge on any atom is 0.333 e. The van der Waals surface area contributed by atoms with Gasteiger partial charge in [-0.05, 0) is 13.8 Å². The van der Waals surface area contributed by atoms with Crippen molar-refractivity contribution in [1.29, 1.82) is 0 Å². The molecule has 0 aliphatic rings. The maximum atomic E-state index is 11.6. The van der Waals surface area contributed by atoms with Crippen LogP contribution in [0.25, 0.3) is 0 Å². The van der Waals surface area contributed by atoms with Gasteiger partial charge in [0.1, 0.15) is 6.61 Å². The Hall–Kier alpha value is -1.70. The SMILES string of the molecule is CC(=CC=C(C)C(=O)OCC(CO)(CO)CO)C(=O)O. The largest absolute Gasteiger partial charge is 0.478 e. The van der Waals surface area contributed by atoms with Crippen LogP contribution in [0.1, 0.15) is 13.8 Å². The average molecular weight is 288 g/mol. The number of aliphatic hydroxyl groups is 3. The highest BCUT2D eigenvalue weighted by Gasteiger charge is 2.30. The second-order valence-corrected chi connectivity index (χ2v) is 4.55. The Morgan fingerprint density at radius 1 is 1.00 bits per heavy atom. The molecule has 0 aliphatic carbocycles. The Morgan fingerprint density at radius 2 is 1.45 bits per heavy atom. The van der Waals surface area contributed by atoms with Crippen LogP contribution in [0.4, 0.5) is 0 Å². The summed E-state index contributed by atoms with van der Waals surface area (Å²) in [4.78, 5) is 22.2. The minimum absolute atomic E-state index is 0.0626. The molecule has 0 aromatic heterocycles. The van der Waals surface area contributed by atoms with Crippen molar-refractivity contribution >= 4 is 11.9 Å². The summed E-state index contributed by atoms with van der Waals surface area (Å²) >= 11 is 0. The molecular formula is C13H20O7. The van der Waals surface area contributed by atoms with Gasteiger partial charge in [-0.3, -0.25) is 0 Å². The predicted molar refractivity (Wildman–Crippen MR) is 69.8 cm³/mol. The monoisotopic (exact) mass is 288 g/mol. The first-order valence-corrected chi connectivity index (χ1v) is 5.90. The Labute approximate surface area is 116 Å². The maximum absolute atomic E-state index is 11.6. The Bertz CT molecular complexity index is 397. The van der Waals surface area contributed by atoms with Crippen LogP contribution >= 0.6 is 0 Å². The molecule has 0 rings (SSSR count). The van der Waals surface area contributed by atoms with E-state index in [9.17, 15) is 9.59 Å². The number of allylic oxidation sites excluding steroid dienone is 2. The summed E-state index contributed by atoms with van der Waals surface area (Å²) in [6, 6.07) is 0. The van der Waals surface area contributed by atoms with Crippen molar-refractivity contribution in [2.45, 2.75) is 13.8 Å². The molecule has 0 saturated carbocycles. The fourth-order valence-electron chi connectivity index (χ4n) is 1.01. The number of carboxylic acid groups (broad SMARTS) is 1. The molecule has 0 bridgehead atoms. The van der Waals surface area contributed by atoms with Crippen LogP contribution in [-0.4, -0.2) is 58.8 Å². The van der Waals surface area contributed by atoms with E-state index in [4.69, 9.17) is 25.2 Å². The fraction of sp³-hybridized carbons (Fsp3) is 0.538. The van der Waals surface area contributed by atoms with Crippen LogP contribution in [0.3, 0.4) is 0 Å². The van der Waals surface area contributed by atoms with Crippen molar-refractivity contribution < 1.29 is 34.8 Å². The van der Waals surface area contributed by atoms with Gasteiger partial charge in [0.15, 0.2) is 0 Å². The number of carboxylic acids is 1. The van der Waals surface area contributed by atoms with Crippen LogP contribution in [0.5, 0.6) is 0 Å². The molecule has 0 fully saturated rings. The topological polar surface area (TPSA) is 124 Å². The number of aliphatic carboxylic acids is 1. The summed E-state index contributed by atoms with van der Waals surface area (Å²) in [6.07, 6.45) is 2.56. The van der Waals surface area contributed by atoms with E-state index in [0.717, 1.165) is 0 Å². The number of aliphatic hydroxyl groups excluding tert-OH is 3. The van der Waals surface area contributed by atoms with E-state index >= 15 is 0 Å². The smallest absolute Gasteiger partial charge is 0.333 e. The second-order valence-electron chi connectivity index (χ2n) is 4.55. The highest BCUT2D eigenvalue weighted by atomic mass is 16.5. The highest BCUT2D eigenvalue weighted by Crippen LogP contribution is 2.16. The van der Waals surface area contributed by atoms with Gasteiger partial charge in [-0.15, -0.1) is 0 Å². The van der Waals surface area contributed by atoms with Gasteiger partial charge in [-0.25, -0.2) is 9.59 Å². The van der Waals surface area contributed by atoms with Crippen molar-refractivity contribution in [3.63, 3.8) is 0 Å². The summed E-state index contributed by atoms with van der Waals surface area (Å²) in [6.45, 7) is 0.872. The van der Waals surface area contributed by atoms with Crippen molar-refractivity contribution in [3.05, 3.63) is 23.3 Å². The summed E-state index contributed by atoms with van der Waals surface area (Å²) < 4.78 is 4.87. The lowest BCUT2D eigenvalue weighted by atomic mass is 9.93. The number of ether oxygens (including phenoxy) is 1. The zero-order valence-electron chi connectivity index (χ0n) is 11.5. The summed E-state index contributed by atoms with van der Waals surface area (Å²) in [5, 5.41) is 35.8. The highest BCUT2D eigenvalue weighted by molar-refractivity contribution is 5.89. The molecule has 0 aromatic rings. The lowest BCUT2D eigenvalue weighted by molar-refractivity contribution is -0.146. The molecule has 0 radical (unpaired) electrons. The minimum atomic E-state index is -1.29. The molecule has 0 aliphatic heterocycles. The van der Waals surface area contributed by atoms with Crippen molar-refractivity contribution in [2.24, 2.45) is 5.41 Å². The van der Waals surface area contributed by atoms with E-state index in [0.29, 0.717) is 0 Å². The number of rotatable bonds is 8. The Morgan fingerprint density at radius 3 is 1.85 bits per heavy atom. The Balaban J connectivity index is 4.66. The van der Waals surface area contributed by atoms with Crippen molar-refractivity contribution in [2.75, 3.05) is 26.4 Å². The third-order valence-corrected chi connectivity index (χ3v) is 2.76. The lowest BCUT2D eigenvalue weighted by Gasteiger charge is -2.26. The van der Waals surface area contributed by atoms with Gasteiger partial charge in [0.2, 0.25) is 0 Å². The molecule has 0 aromatic carbocycles. The fourth-order valence-corrected chi connectivity index (χ4v) is 1.01. The molecule has 0 saturated heterocycles. The molecule has 20 heavy (non-hydrogen) atoms. The van der Waals surface area contributed by atoms with E-state index in [1.54, 1.807) is 0 Å². The van der Waals surface area contributed by atoms with E-state index in [1.165, 1.54) is 26.0 Å². The van der Waals surface area contributed by atoms with Gasteiger partial charge >= 0.3 is 11.9 Å². The molecule has 114 valence electrons. The first-order chi connectivity index (χ1) is 9.31. The molecule has 4 N–H and O–H groups in total. The molecule has 7 nitrogen and oxygen atoms in total. The van der Waals surface area contributed by atoms with Gasteiger partial charge in [0, 0.05) is 11.1 Å². The number of carbonyl (C=O) groups excluding carboxylic acids is 1. The number of hydrogen-bond donors (Lipinski definition) is 4. The van der Waals surface area contributed by atoms with Crippen LogP contribution in [0.2, 0.25) is 0 Å². The Kier molecular flexibility index (Phi) is 7.75. The summed E-state index contributed by atoms with van der Waals surface area (Å²) in [7, 11) is 0.